The minimum Gasteiger partial charge on any atom is -0.493 e. The minimum absolute atomic E-state index is 0.490. The van der Waals surface area contributed by atoms with Crippen LogP contribution in [0, 0.1) is 0 Å². The molecule has 1 aliphatic heterocycles. The number of imidazole rings is 1. The van der Waals surface area contributed by atoms with Crippen LogP contribution in [-0.4, -0.2) is 21.1 Å². The summed E-state index contributed by atoms with van der Waals surface area (Å²) in [5, 5.41) is 0. The van der Waals surface area contributed by atoms with Gasteiger partial charge < -0.3 is 10.5 Å². The van der Waals surface area contributed by atoms with Crippen LogP contribution < -0.4 is 10.5 Å². The molecule has 5 heteroatoms. The Morgan fingerprint density at radius 3 is 3.00 bits per heavy atom. The van der Waals surface area contributed by atoms with Gasteiger partial charge in [-0.1, -0.05) is 6.07 Å². The van der Waals surface area contributed by atoms with Gasteiger partial charge in [0.05, 0.1) is 12.3 Å². The molecular formula is C16H14N4O. The maximum absolute atomic E-state index is 5.78. The van der Waals surface area contributed by atoms with Crippen LogP contribution in [0.1, 0.15) is 5.56 Å². The zero-order valence-corrected chi connectivity index (χ0v) is 11.4. The van der Waals surface area contributed by atoms with E-state index >= 15 is 0 Å². The fourth-order valence-electron chi connectivity index (χ4n) is 2.73. The lowest BCUT2D eigenvalue weighted by atomic mass is 10.1. The SMILES string of the molecule is Nc1cc(-c2nccn2-c2cccc3c2CCO3)ccn1. The highest BCUT2D eigenvalue weighted by molar-refractivity contribution is 5.63. The first-order valence-corrected chi connectivity index (χ1v) is 6.83. The number of aromatic nitrogens is 3. The predicted molar refractivity (Wildman–Crippen MR) is 80.4 cm³/mol. The molecule has 21 heavy (non-hydrogen) atoms. The molecule has 4 rings (SSSR count). The Morgan fingerprint density at radius 1 is 1.14 bits per heavy atom. The summed E-state index contributed by atoms with van der Waals surface area (Å²) in [6.07, 6.45) is 6.37. The summed E-state index contributed by atoms with van der Waals surface area (Å²) in [4.78, 5) is 8.50. The molecule has 3 aromatic rings. The molecule has 0 aliphatic carbocycles. The number of hydrogen-bond donors (Lipinski definition) is 1. The zero-order chi connectivity index (χ0) is 14.2. The van der Waals surface area contributed by atoms with Crippen LogP contribution in [0.2, 0.25) is 0 Å². The average Bonchev–Trinajstić information content (AvgIpc) is 3.16. The number of fused-ring (bicyclic) bond motifs is 1. The Bertz CT molecular complexity index is 810. The van der Waals surface area contributed by atoms with E-state index in [0.717, 1.165) is 35.9 Å². The van der Waals surface area contributed by atoms with Gasteiger partial charge in [0.2, 0.25) is 0 Å². The van der Waals surface area contributed by atoms with E-state index < -0.39 is 0 Å². The van der Waals surface area contributed by atoms with Crippen molar-refractivity contribution in [1.29, 1.82) is 0 Å². The average molecular weight is 278 g/mol. The fourth-order valence-corrected chi connectivity index (χ4v) is 2.73. The Kier molecular flexibility index (Phi) is 2.64. The van der Waals surface area contributed by atoms with Gasteiger partial charge in [-0.25, -0.2) is 9.97 Å². The summed E-state index contributed by atoms with van der Waals surface area (Å²) in [5.74, 6) is 2.30. The van der Waals surface area contributed by atoms with E-state index in [9.17, 15) is 0 Å². The number of nitrogens with two attached hydrogens (primary N) is 1. The summed E-state index contributed by atoms with van der Waals surface area (Å²) in [6, 6.07) is 9.84. The fraction of sp³-hybridized carbons (Fsp3) is 0.125. The van der Waals surface area contributed by atoms with Gasteiger partial charge in [-0.05, 0) is 24.3 Å². The Morgan fingerprint density at radius 2 is 2.10 bits per heavy atom. The van der Waals surface area contributed by atoms with Gasteiger partial charge in [0.25, 0.3) is 0 Å². The van der Waals surface area contributed by atoms with Crippen LogP contribution in [0.3, 0.4) is 0 Å². The molecule has 0 atom stereocenters. The molecule has 3 heterocycles. The maximum atomic E-state index is 5.78. The zero-order valence-electron chi connectivity index (χ0n) is 11.4. The summed E-state index contributed by atoms with van der Waals surface area (Å²) in [6.45, 7) is 0.735. The Labute approximate surface area is 122 Å². The van der Waals surface area contributed by atoms with E-state index in [2.05, 4.69) is 20.6 Å². The van der Waals surface area contributed by atoms with Crippen molar-refractivity contribution in [3.8, 4) is 22.8 Å². The van der Waals surface area contributed by atoms with Crippen molar-refractivity contribution in [1.82, 2.24) is 14.5 Å². The topological polar surface area (TPSA) is 66.0 Å². The standard InChI is InChI=1S/C16H14N4O/c17-15-10-11(4-6-18-15)16-19-7-8-20(16)13-2-1-3-14-12(13)5-9-21-14/h1-4,6-8,10H,5,9H2,(H2,17,18). The smallest absolute Gasteiger partial charge is 0.144 e. The van der Waals surface area contributed by atoms with E-state index in [1.165, 1.54) is 5.56 Å². The number of anilines is 1. The van der Waals surface area contributed by atoms with Crippen molar-refractivity contribution in [2.24, 2.45) is 0 Å². The summed E-state index contributed by atoms with van der Waals surface area (Å²) < 4.78 is 7.71. The molecule has 0 saturated heterocycles. The lowest BCUT2D eigenvalue weighted by molar-refractivity contribution is 0.357. The molecule has 0 spiro atoms. The largest absolute Gasteiger partial charge is 0.493 e. The van der Waals surface area contributed by atoms with Crippen molar-refractivity contribution in [3.05, 3.63) is 54.5 Å². The van der Waals surface area contributed by atoms with Crippen LogP contribution in [0.25, 0.3) is 17.1 Å². The number of pyridine rings is 1. The third-order valence-corrected chi connectivity index (χ3v) is 3.66. The minimum atomic E-state index is 0.490. The molecule has 0 radical (unpaired) electrons. The van der Waals surface area contributed by atoms with E-state index in [0.29, 0.717) is 5.82 Å². The molecule has 2 aromatic heterocycles. The second-order valence-electron chi connectivity index (χ2n) is 4.94. The van der Waals surface area contributed by atoms with E-state index in [1.807, 2.05) is 30.5 Å². The lowest BCUT2D eigenvalue weighted by Gasteiger charge is -2.11. The molecule has 0 amide bonds. The van der Waals surface area contributed by atoms with Gasteiger partial charge >= 0.3 is 0 Å². The first kappa shape index (κ1) is 12.0. The molecule has 0 saturated carbocycles. The number of ether oxygens (including phenoxy) is 1. The molecule has 0 bridgehead atoms. The monoisotopic (exact) mass is 278 g/mol. The van der Waals surface area contributed by atoms with Gasteiger partial charge in [0.1, 0.15) is 17.4 Å². The van der Waals surface area contributed by atoms with Gasteiger partial charge in [-0.3, -0.25) is 4.57 Å². The molecule has 1 aromatic carbocycles. The van der Waals surface area contributed by atoms with Crippen molar-refractivity contribution in [3.63, 3.8) is 0 Å². The normalized spacial score (nSPS) is 13.0. The van der Waals surface area contributed by atoms with Crippen LogP contribution in [-0.2, 0) is 6.42 Å². The quantitative estimate of drug-likeness (QED) is 0.782. The molecule has 2 N–H and O–H groups in total. The number of nitrogen functional groups attached to an aromatic ring is 1. The van der Waals surface area contributed by atoms with Crippen molar-refractivity contribution in [2.75, 3.05) is 12.3 Å². The molecule has 0 unspecified atom stereocenters. The van der Waals surface area contributed by atoms with Crippen LogP contribution in [0.15, 0.2) is 48.9 Å². The molecule has 1 aliphatic rings. The molecule has 5 nitrogen and oxygen atoms in total. The molecule has 104 valence electrons. The van der Waals surface area contributed by atoms with Crippen LogP contribution in [0.4, 0.5) is 5.82 Å². The maximum Gasteiger partial charge on any atom is 0.144 e. The third-order valence-electron chi connectivity index (χ3n) is 3.66. The first-order valence-electron chi connectivity index (χ1n) is 6.83. The third kappa shape index (κ3) is 1.94. The summed E-state index contributed by atoms with van der Waals surface area (Å²) in [5.41, 5.74) is 9.05. The molecule has 0 fully saturated rings. The number of nitrogens with zero attached hydrogens (tertiary/aromatic N) is 3. The highest BCUT2D eigenvalue weighted by Gasteiger charge is 2.18. The van der Waals surface area contributed by atoms with Gasteiger partial charge in [-0.15, -0.1) is 0 Å². The Hall–Kier alpha value is -2.82. The van der Waals surface area contributed by atoms with Crippen LogP contribution in [0.5, 0.6) is 5.75 Å². The van der Waals surface area contributed by atoms with Crippen LogP contribution >= 0.6 is 0 Å². The Balaban J connectivity index is 1.89. The van der Waals surface area contributed by atoms with E-state index in [1.54, 1.807) is 12.4 Å². The number of benzene rings is 1. The predicted octanol–water partition coefficient (Wildman–Crippen LogP) is 2.45. The van der Waals surface area contributed by atoms with Gasteiger partial charge in [-0.2, -0.15) is 0 Å². The number of hydrogen-bond acceptors (Lipinski definition) is 4. The van der Waals surface area contributed by atoms with E-state index in [-0.39, 0.29) is 0 Å². The van der Waals surface area contributed by atoms with E-state index in [4.69, 9.17) is 10.5 Å². The lowest BCUT2D eigenvalue weighted by Crippen LogP contribution is -2.00. The number of rotatable bonds is 2. The van der Waals surface area contributed by atoms with Gasteiger partial charge in [0, 0.05) is 36.1 Å². The highest BCUT2D eigenvalue weighted by atomic mass is 16.5. The van der Waals surface area contributed by atoms with Crippen molar-refractivity contribution < 1.29 is 4.74 Å². The summed E-state index contributed by atoms with van der Waals surface area (Å²) in [7, 11) is 0. The second kappa shape index (κ2) is 4.63. The first-order chi connectivity index (χ1) is 10.3. The second-order valence-corrected chi connectivity index (χ2v) is 4.94. The summed E-state index contributed by atoms with van der Waals surface area (Å²) >= 11 is 0. The highest BCUT2D eigenvalue weighted by Crippen LogP contribution is 2.32. The molecular weight excluding hydrogens is 264 g/mol. The van der Waals surface area contributed by atoms with Crippen molar-refractivity contribution >= 4 is 5.82 Å². The van der Waals surface area contributed by atoms with Crippen molar-refractivity contribution in [2.45, 2.75) is 6.42 Å². The van der Waals surface area contributed by atoms with Gasteiger partial charge in [0.15, 0.2) is 0 Å².